The molecule has 12 heteroatoms. The minimum Gasteiger partial charge on any atom is -0.443 e. The summed E-state index contributed by atoms with van der Waals surface area (Å²) >= 11 is 7.64. The summed E-state index contributed by atoms with van der Waals surface area (Å²) in [5.41, 5.74) is 0.884. The van der Waals surface area contributed by atoms with E-state index in [1.165, 1.54) is 21.2 Å². The van der Waals surface area contributed by atoms with Gasteiger partial charge in [0.2, 0.25) is 5.91 Å². The maximum Gasteiger partial charge on any atom is 0.414 e. The molecule has 0 radical (unpaired) electrons. The van der Waals surface area contributed by atoms with Crippen molar-refractivity contribution in [3.63, 3.8) is 0 Å². The number of amides is 2. The van der Waals surface area contributed by atoms with Crippen LogP contribution in [-0.4, -0.2) is 52.6 Å². The zero-order chi connectivity index (χ0) is 24.7. The van der Waals surface area contributed by atoms with Crippen LogP contribution in [0.15, 0.2) is 50.9 Å². The number of ether oxygens (including phenoxy) is 1. The molecule has 0 bridgehead atoms. The second-order valence-corrected chi connectivity index (χ2v) is 9.70. The second-order valence-electron chi connectivity index (χ2n) is 8.27. The first-order valence-corrected chi connectivity index (χ1v) is 12.3. The Morgan fingerprint density at radius 2 is 2.03 bits per heavy atom. The molecule has 182 valence electrons. The fourth-order valence-corrected chi connectivity index (χ4v) is 5.36. The summed E-state index contributed by atoms with van der Waals surface area (Å²) in [5.74, 6) is 0.297. The molecule has 1 fully saturated rings. The first-order chi connectivity index (χ1) is 16.8. The zero-order valence-electron chi connectivity index (χ0n) is 18.7. The van der Waals surface area contributed by atoms with Gasteiger partial charge in [-0.1, -0.05) is 17.7 Å². The molecular formula is C23H22ClN5O5S. The normalized spacial score (nSPS) is 17.4. The highest BCUT2D eigenvalue weighted by atomic mass is 35.5. The third-order valence-corrected chi connectivity index (χ3v) is 7.36. The molecule has 35 heavy (non-hydrogen) atoms. The van der Waals surface area contributed by atoms with Gasteiger partial charge in [-0.05, 0) is 30.3 Å². The molecule has 0 unspecified atom stereocenters. The summed E-state index contributed by atoms with van der Waals surface area (Å²) in [6.45, 7) is 1.17. The lowest BCUT2D eigenvalue weighted by atomic mass is 10.2. The van der Waals surface area contributed by atoms with Crippen LogP contribution in [0.5, 0.6) is 0 Å². The smallest absolute Gasteiger partial charge is 0.414 e. The van der Waals surface area contributed by atoms with Crippen molar-refractivity contribution >= 4 is 57.6 Å². The fourth-order valence-electron chi connectivity index (χ4n) is 4.27. The van der Waals surface area contributed by atoms with Crippen molar-refractivity contribution in [1.82, 2.24) is 14.5 Å². The highest BCUT2D eigenvalue weighted by Gasteiger charge is 2.32. The van der Waals surface area contributed by atoms with Crippen molar-refractivity contribution in [2.24, 2.45) is 7.05 Å². The van der Waals surface area contributed by atoms with E-state index in [2.05, 4.69) is 10.6 Å². The van der Waals surface area contributed by atoms with Crippen molar-refractivity contribution < 1.29 is 14.3 Å². The van der Waals surface area contributed by atoms with Gasteiger partial charge in [-0.25, -0.2) is 9.59 Å². The SMILES string of the molecule is Cn1c(=O)n(CCNC[C@@H]2CN(c3ccc4c(c3)NC(=O)CS4)C(=O)O2)c(=O)c2cccc(Cl)c21. The van der Waals surface area contributed by atoms with Gasteiger partial charge in [0, 0.05) is 37.3 Å². The number of carbonyl (C=O) groups is 2. The Labute approximate surface area is 208 Å². The molecule has 0 saturated carbocycles. The fraction of sp³-hybridized carbons (Fsp3) is 0.304. The van der Waals surface area contributed by atoms with Gasteiger partial charge in [0.15, 0.2) is 0 Å². The van der Waals surface area contributed by atoms with Crippen LogP contribution in [0, 0.1) is 0 Å². The van der Waals surface area contributed by atoms with Crippen molar-refractivity contribution in [3.05, 3.63) is 62.3 Å². The third-order valence-electron chi connectivity index (χ3n) is 5.98. The predicted octanol–water partition coefficient (Wildman–Crippen LogP) is 2.01. The lowest BCUT2D eigenvalue weighted by Crippen LogP contribution is -2.42. The minimum atomic E-state index is -0.469. The highest BCUT2D eigenvalue weighted by Crippen LogP contribution is 2.35. The van der Waals surface area contributed by atoms with E-state index in [0.29, 0.717) is 52.7 Å². The molecule has 3 heterocycles. The monoisotopic (exact) mass is 515 g/mol. The van der Waals surface area contributed by atoms with Crippen LogP contribution in [0.4, 0.5) is 16.2 Å². The number of benzene rings is 2. The van der Waals surface area contributed by atoms with Gasteiger partial charge in [-0.3, -0.25) is 23.6 Å². The lowest BCUT2D eigenvalue weighted by molar-refractivity contribution is -0.113. The zero-order valence-corrected chi connectivity index (χ0v) is 20.3. The average Bonchev–Trinajstić information content (AvgIpc) is 3.21. The number of aryl methyl sites for hydroxylation is 1. The maximum absolute atomic E-state index is 12.8. The number of nitrogens with zero attached hydrogens (tertiary/aromatic N) is 3. The van der Waals surface area contributed by atoms with Crippen LogP contribution in [-0.2, 0) is 23.1 Å². The van der Waals surface area contributed by atoms with E-state index in [-0.39, 0.29) is 12.5 Å². The molecule has 2 aromatic carbocycles. The van der Waals surface area contributed by atoms with Crippen LogP contribution in [0.3, 0.4) is 0 Å². The number of fused-ring (bicyclic) bond motifs is 2. The number of cyclic esters (lactones) is 1. The molecule has 2 aliphatic heterocycles. The number of aromatic nitrogens is 2. The summed E-state index contributed by atoms with van der Waals surface area (Å²) in [7, 11) is 1.58. The molecule has 1 aromatic heterocycles. The molecule has 5 rings (SSSR count). The molecular weight excluding hydrogens is 494 g/mol. The number of hydrogen-bond donors (Lipinski definition) is 2. The summed E-state index contributed by atoms with van der Waals surface area (Å²) < 4.78 is 8.00. The molecule has 1 atom stereocenters. The van der Waals surface area contributed by atoms with Crippen LogP contribution >= 0.6 is 23.4 Å². The average molecular weight is 516 g/mol. The lowest BCUT2D eigenvalue weighted by Gasteiger charge is -2.20. The van der Waals surface area contributed by atoms with E-state index in [9.17, 15) is 19.2 Å². The number of nitrogens with one attached hydrogen (secondary N) is 2. The number of halogens is 1. The summed E-state index contributed by atoms with van der Waals surface area (Å²) in [5, 5.41) is 6.70. The Morgan fingerprint density at radius 1 is 1.20 bits per heavy atom. The standard InChI is InChI=1S/C23H22ClN5O5S/c1-27-20-15(3-2-4-16(20)24)21(31)28(22(27)32)8-7-25-10-14-11-29(23(33)34-14)13-5-6-18-17(9-13)26-19(30)12-35-18/h2-6,9,14,25H,7-8,10-12H2,1H3,(H,26,30)/t14-/m1/s1. The van der Waals surface area contributed by atoms with Crippen LogP contribution in [0.2, 0.25) is 5.02 Å². The van der Waals surface area contributed by atoms with Gasteiger partial charge in [0.1, 0.15) is 6.10 Å². The molecule has 2 N–H and O–H groups in total. The van der Waals surface area contributed by atoms with Gasteiger partial charge in [-0.2, -0.15) is 0 Å². The Morgan fingerprint density at radius 3 is 2.86 bits per heavy atom. The largest absolute Gasteiger partial charge is 0.443 e. The van der Waals surface area contributed by atoms with E-state index in [4.69, 9.17) is 16.3 Å². The topological polar surface area (TPSA) is 115 Å². The molecule has 2 amide bonds. The summed E-state index contributed by atoms with van der Waals surface area (Å²) in [6.07, 6.45) is -0.875. The summed E-state index contributed by atoms with van der Waals surface area (Å²) in [4.78, 5) is 52.1. The van der Waals surface area contributed by atoms with Gasteiger partial charge >= 0.3 is 11.8 Å². The predicted molar refractivity (Wildman–Crippen MR) is 135 cm³/mol. The van der Waals surface area contributed by atoms with Crippen LogP contribution in [0.25, 0.3) is 10.9 Å². The van der Waals surface area contributed by atoms with Crippen LogP contribution in [0.1, 0.15) is 0 Å². The van der Waals surface area contributed by atoms with E-state index < -0.39 is 23.4 Å². The molecule has 0 aliphatic carbocycles. The number of carbonyl (C=O) groups excluding carboxylic acids is 2. The first-order valence-electron chi connectivity index (χ1n) is 11.0. The molecule has 0 spiro atoms. The number of anilines is 2. The van der Waals surface area contributed by atoms with E-state index in [1.807, 2.05) is 12.1 Å². The van der Waals surface area contributed by atoms with E-state index >= 15 is 0 Å². The quantitative estimate of drug-likeness (QED) is 0.483. The van der Waals surface area contributed by atoms with E-state index in [0.717, 1.165) is 9.46 Å². The van der Waals surface area contributed by atoms with Crippen molar-refractivity contribution in [2.45, 2.75) is 17.5 Å². The second kappa shape index (κ2) is 9.40. The Hall–Kier alpha value is -3.28. The highest BCUT2D eigenvalue weighted by molar-refractivity contribution is 8.00. The molecule has 10 nitrogen and oxygen atoms in total. The van der Waals surface area contributed by atoms with Crippen molar-refractivity contribution in [3.8, 4) is 0 Å². The van der Waals surface area contributed by atoms with Crippen LogP contribution < -0.4 is 26.8 Å². The van der Waals surface area contributed by atoms with E-state index in [1.54, 1.807) is 31.3 Å². The molecule has 2 aliphatic rings. The maximum atomic E-state index is 12.8. The number of hydrogen-bond acceptors (Lipinski definition) is 7. The number of thioether (sulfide) groups is 1. The van der Waals surface area contributed by atoms with Gasteiger partial charge in [-0.15, -0.1) is 11.8 Å². The van der Waals surface area contributed by atoms with Crippen molar-refractivity contribution in [2.75, 3.05) is 35.6 Å². The first kappa shape index (κ1) is 23.5. The Balaban J connectivity index is 1.22. The Bertz CT molecular complexity index is 1470. The third kappa shape index (κ3) is 4.42. The van der Waals surface area contributed by atoms with Gasteiger partial charge in [0.25, 0.3) is 5.56 Å². The molecule has 1 saturated heterocycles. The summed E-state index contributed by atoms with van der Waals surface area (Å²) in [6, 6.07) is 10.4. The number of rotatable bonds is 6. The minimum absolute atomic E-state index is 0.0748. The molecule has 3 aromatic rings. The number of para-hydroxylation sites is 1. The van der Waals surface area contributed by atoms with Crippen molar-refractivity contribution in [1.29, 1.82) is 0 Å². The van der Waals surface area contributed by atoms with Gasteiger partial charge < -0.3 is 15.4 Å². The van der Waals surface area contributed by atoms with Gasteiger partial charge in [0.05, 0.1) is 33.9 Å². The Kier molecular flexibility index (Phi) is 6.30.